The quantitative estimate of drug-likeness (QED) is 0.628. The van der Waals surface area contributed by atoms with E-state index in [9.17, 15) is 18.0 Å². The second-order valence-corrected chi connectivity index (χ2v) is 4.13. The van der Waals surface area contributed by atoms with E-state index >= 15 is 0 Å². The topological polar surface area (TPSA) is 17.1 Å². The van der Waals surface area contributed by atoms with Crippen LogP contribution in [0.1, 0.15) is 21.5 Å². The molecule has 0 aliphatic heterocycles. The first-order chi connectivity index (χ1) is 8.48. The average molecular weight is 248 g/mol. The van der Waals surface area contributed by atoms with Crippen molar-refractivity contribution in [2.24, 2.45) is 0 Å². The number of carbonyl (C=O) groups excluding carboxylic acids is 1. The number of carbonyl (C=O) groups is 1. The summed E-state index contributed by atoms with van der Waals surface area (Å²) in [6.45, 7) is 0. The van der Waals surface area contributed by atoms with Gasteiger partial charge in [-0.05, 0) is 23.3 Å². The van der Waals surface area contributed by atoms with Crippen LogP contribution in [0.3, 0.4) is 0 Å². The van der Waals surface area contributed by atoms with Gasteiger partial charge in [-0.2, -0.15) is 13.2 Å². The first-order valence-corrected chi connectivity index (χ1v) is 5.34. The number of halogens is 3. The Labute approximate surface area is 101 Å². The molecular weight excluding hydrogens is 241 g/mol. The van der Waals surface area contributed by atoms with E-state index in [1.807, 2.05) is 18.2 Å². The molecular formula is C14H7F3O. The lowest BCUT2D eigenvalue weighted by Crippen LogP contribution is -2.05. The number of hydrogen-bond acceptors (Lipinski definition) is 1. The molecule has 18 heavy (non-hydrogen) atoms. The van der Waals surface area contributed by atoms with Crippen LogP contribution in [0.15, 0.2) is 42.5 Å². The van der Waals surface area contributed by atoms with E-state index in [-0.39, 0.29) is 11.3 Å². The van der Waals surface area contributed by atoms with Crippen LogP contribution in [0.2, 0.25) is 0 Å². The number of alkyl halides is 3. The van der Waals surface area contributed by atoms with Crippen LogP contribution in [-0.2, 0) is 6.18 Å². The van der Waals surface area contributed by atoms with Gasteiger partial charge in [-0.1, -0.05) is 30.3 Å². The maximum atomic E-state index is 12.4. The molecule has 0 atom stereocenters. The molecule has 0 saturated carbocycles. The van der Waals surface area contributed by atoms with Crippen molar-refractivity contribution in [2.75, 3.05) is 0 Å². The van der Waals surface area contributed by atoms with Gasteiger partial charge >= 0.3 is 6.18 Å². The molecule has 0 fully saturated rings. The van der Waals surface area contributed by atoms with Crippen molar-refractivity contribution in [1.29, 1.82) is 0 Å². The first-order valence-electron chi connectivity index (χ1n) is 5.34. The highest BCUT2D eigenvalue weighted by Crippen LogP contribution is 2.44. The summed E-state index contributed by atoms with van der Waals surface area (Å²) in [5.74, 6) is -0.214. The average Bonchev–Trinajstić information content (AvgIpc) is 2.80. The molecule has 0 radical (unpaired) electrons. The second-order valence-electron chi connectivity index (χ2n) is 4.13. The summed E-state index contributed by atoms with van der Waals surface area (Å²) in [7, 11) is 0. The van der Waals surface area contributed by atoms with Crippen molar-refractivity contribution in [2.45, 2.75) is 6.18 Å². The molecule has 0 heterocycles. The van der Waals surface area contributed by atoms with Gasteiger partial charge in [-0.3, -0.25) is 4.79 Å². The predicted octanol–water partition coefficient (Wildman–Crippen LogP) is 3.92. The van der Waals surface area contributed by atoms with Crippen LogP contribution < -0.4 is 0 Å². The summed E-state index contributed by atoms with van der Waals surface area (Å²) in [5.41, 5.74) is 1.97. The van der Waals surface area contributed by atoms with Gasteiger partial charge in [-0.15, -0.1) is 0 Å². The fourth-order valence-corrected chi connectivity index (χ4v) is 2.00. The normalized spacial score (nSPS) is 12.4. The molecule has 3 rings (SSSR count). The van der Waals surface area contributed by atoms with Crippen LogP contribution in [-0.4, -0.2) is 5.78 Å². The van der Waals surface area contributed by atoms with Crippen molar-refractivity contribution in [3.8, 4) is 11.1 Å². The lowest BCUT2D eigenvalue weighted by Gasteiger charge is -2.06. The zero-order valence-corrected chi connectivity index (χ0v) is 9.08. The molecule has 1 aromatic rings. The number of rotatable bonds is 2. The maximum Gasteiger partial charge on any atom is 0.416 e. The molecule has 0 N–H and O–H groups in total. The van der Waals surface area contributed by atoms with Gasteiger partial charge < -0.3 is 0 Å². The highest BCUT2D eigenvalue weighted by Gasteiger charge is 2.32. The highest BCUT2D eigenvalue weighted by atomic mass is 19.4. The second kappa shape index (κ2) is 3.45. The number of benzene rings is 2. The fourth-order valence-electron chi connectivity index (χ4n) is 2.00. The summed E-state index contributed by atoms with van der Waals surface area (Å²) < 4.78 is 37.1. The van der Waals surface area contributed by atoms with Crippen molar-refractivity contribution >= 4 is 5.78 Å². The third kappa shape index (κ3) is 1.61. The summed E-state index contributed by atoms with van der Waals surface area (Å²) in [4.78, 5) is 12.0. The van der Waals surface area contributed by atoms with Crippen LogP contribution in [0, 0.1) is 0 Å². The molecule has 1 nitrogen and oxygen atoms in total. The molecule has 0 bridgehead atoms. The molecule has 0 unspecified atom stereocenters. The molecule has 1 aromatic carbocycles. The zero-order valence-electron chi connectivity index (χ0n) is 9.08. The van der Waals surface area contributed by atoms with Gasteiger partial charge in [0.05, 0.1) is 5.56 Å². The maximum absolute atomic E-state index is 12.4. The standard InChI is InChI=1S/C14H7F3O/c15-14(16,17)9-6-4-8(5-7-9)13(18)12-10-2-1-3-11(10)12/h1-7H. The lowest BCUT2D eigenvalue weighted by molar-refractivity contribution is -0.137. The zero-order chi connectivity index (χ0) is 12.9. The van der Waals surface area contributed by atoms with Crippen LogP contribution in [0.25, 0.3) is 11.1 Å². The molecule has 2 aliphatic carbocycles. The molecule has 0 saturated heterocycles. The summed E-state index contributed by atoms with van der Waals surface area (Å²) >= 11 is 0. The highest BCUT2D eigenvalue weighted by molar-refractivity contribution is 6.24. The lowest BCUT2D eigenvalue weighted by atomic mass is 10.1. The van der Waals surface area contributed by atoms with Crippen molar-refractivity contribution in [1.82, 2.24) is 0 Å². The van der Waals surface area contributed by atoms with Gasteiger partial charge in [0, 0.05) is 11.1 Å². The van der Waals surface area contributed by atoms with Crippen LogP contribution in [0.5, 0.6) is 0 Å². The Morgan fingerprint density at radius 1 is 0.889 bits per heavy atom. The van der Waals surface area contributed by atoms with E-state index in [4.69, 9.17) is 0 Å². The van der Waals surface area contributed by atoms with E-state index < -0.39 is 11.7 Å². The van der Waals surface area contributed by atoms with Crippen LogP contribution in [0.4, 0.5) is 13.2 Å². The Balaban J connectivity index is 1.89. The van der Waals surface area contributed by atoms with Gasteiger partial charge in [0.15, 0.2) is 5.78 Å². The Morgan fingerprint density at radius 3 is 1.94 bits per heavy atom. The van der Waals surface area contributed by atoms with E-state index in [1.165, 1.54) is 12.1 Å². The van der Waals surface area contributed by atoms with E-state index in [0.29, 0.717) is 5.56 Å². The third-order valence-corrected chi connectivity index (χ3v) is 2.99. The smallest absolute Gasteiger partial charge is 0.289 e. The van der Waals surface area contributed by atoms with Gasteiger partial charge in [0.2, 0.25) is 0 Å². The predicted molar refractivity (Wildman–Crippen MR) is 60.3 cm³/mol. The van der Waals surface area contributed by atoms with Gasteiger partial charge in [-0.25, -0.2) is 0 Å². The molecule has 0 aromatic heterocycles. The number of hydrogen-bond donors (Lipinski definition) is 0. The van der Waals surface area contributed by atoms with Crippen molar-refractivity contribution in [3.63, 3.8) is 0 Å². The monoisotopic (exact) mass is 248 g/mol. The molecule has 0 spiro atoms. The Morgan fingerprint density at radius 2 is 1.44 bits per heavy atom. The minimum atomic E-state index is -4.37. The SMILES string of the molecule is O=C(c1ccc(C(F)(F)F)cc1)c1c2cccc1-2. The molecule has 90 valence electrons. The minimum Gasteiger partial charge on any atom is -0.289 e. The molecule has 0 amide bonds. The van der Waals surface area contributed by atoms with Gasteiger partial charge in [0.1, 0.15) is 0 Å². The fraction of sp³-hybridized carbons (Fsp3) is 0.0714. The molecule has 4 heteroatoms. The van der Waals surface area contributed by atoms with E-state index in [2.05, 4.69) is 0 Å². The van der Waals surface area contributed by atoms with Crippen LogP contribution >= 0.6 is 0 Å². The van der Waals surface area contributed by atoms with Crippen molar-refractivity contribution in [3.05, 3.63) is 59.2 Å². The number of ketones is 1. The van der Waals surface area contributed by atoms with Gasteiger partial charge in [0.25, 0.3) is 0 Å². The van der Waals surface area contributed by atoms with E-state index in [1.54, 1.807) is 0 Å². The first kappa shape index (κ1) is 11.0. The summed E-state index contributed by atoms with van der Waals surface area (Å²) in [5, 5.41) is 0. The Kier molecular flexibility index (Phi) is 2.11. The third-order valence-electron chi connectivity index (χ3n) is 2.99. The Bertz CT molecular complexity index is 619. The number of fused-ring (bicyclic) bond motifs is 1. The molecule has 2 aliphatic rings. The minimum absolute atomic E-state index is 0.214. The largest absolute Gasteiger partial charge is 0.416 e. The van der Waals surface area contributed by atoms with Crippen molar-refractivity contribution < 1.29 is 18.0 Å². The summed E-state index contributed by atoms with van der Waals surface area (Å²) in [6.07, 6.45) is -4.37. The summed E-state index contributed by atoms with van der Waals surface area (Å²) in [6, 6.07) is 9.79. The van der Waals surface area contributed by atoms with E-state index in [0.717, 1.165) is 23.3 Å². The Hall–Kier alpha value is -2.10.